The number of hydrogen-bond acceptors (Lipinski definition) is 5. The van der Waals surface area contributed by atoms with Crippen molar-refractivity contribution in [3.05, 3.63) is 33.5 Å². The van der Waals surface area contributed by atoms with Crippen LogP contribution in [0.3, 0.4) is 0 Å². The zero-order valence-electron chi connectivity index (χ0n) is 11.9. The molecule has 0 saturated carbocycles. The van der Waals surface area contributed by atoms with E-state index >= 15 is 0 Å². The number of aromatic nitrogens is 3. The smallest absolute Gasteiger partial charge is 0.223 e. The maximum Gasteiger partial charge on any atom is 0.223 e. The van der Waals surface area contributed by atoms with Crippen molar-refractivity contribution in [2.75, 3.05) is 5.32 Å². The van der Waals surface area contributed by atoms with Gasteiger partial charge in [-0.3, -0.25) is 0 Å². The molecule has 2 rings (SSSR count). The maximum absolute atomic E-state index is 4.53. The first-order valence-electron chi connectivity index (χ1n) is 6.61. The third-order valence-corrected chi connectivity index (χ3v) is 3.95. The third-order valence-electron chi connectivity index (χ3n) is 2.81. The van der Waals surface area contributed by atoms with E-state index in [1.807, 2.05) is 19.2 Å². The fraction of sp³-hybridized carbons (Fsp3) is 0.500. The van der Waals surface area contributed by atoms with E-state index in [4.69, 9.17) is 0 Å². The van der Waals surface area contributed by atoms with E-state index in [0.29, 0.717) is 18.4 Å². The van der Waals surface area contributed by atoms with E-state index < -0.39 is 0 Å². The zero-order valence-corrected chi connectivity index (χ0v) is 12.7. The molecule has 2 aromatic heterocycles. The molecule has 0 amide bonds. The van der Waals surface area contributed by atoms with Gasteiger partial charge in [-0.2, -0.15) is 0 Å². The second-order valence-corrected chi connectivity index (χ2v) is 6.04. The van der Waals surface area contributed by atoms with Crippen LogP contribution in [0.1, 0.15) is 48.0 Å². The average molecular weight is 276 g/mol. The molecule has 0 aliphatic heterocycles. The summed E-state index contributed by atoms with van der Waals surface area (Å²) in [7, 11) is 0. The highest BCUT2D eigenvalue weighted by Crippen LogP contribution is 2.17. The minimum Gasteiger partial charge on any atom is -0.348 e. The van der Waals surface area contributed by atoms with Crippen molar-refractivity contribution in [2.24, 2.45) is 0 Å². The van der Waals surface area contributed by atoms with Crippen LogP contribution >= 0.6 is 11.3 Å². The Hall–Kier alpha value is -1.49. The number of hydrogen-bond donors (Lipinski definition) is 1. The van der Waals surface area contributed by atoms with Crippen molar-refractivity contribution in [3.63, 3.8) is 0 Å². The summed E-state index contributed by atoms with van der Waals surface area (Å²) in [4.78, 5) is 14.6. The first-order valence-corrected chi connectivity index (χ1v) is 7.43. The molecule has 0 aromatic carbocycles. The molecule has 0 saturated heterocycles. The lowest BCUT2D eigenvalue weighted by Gasteiger charge is -2.09. The van der Waals surface area contributed by atoms with Gasteiger partial charge in [0.15, 0.2) is 0 Å². The quantitative estimate of drug-likeness (QED) is 0.907. The van der Waals surface area contributed by atoms with Crippen LogP contribution in [0, 0.1) is 6.92 Å². The van der Waals surface area contributed by atoms with Crippen LogP contribution in [-0.2, 0) is 13.0 Å². The molecule has 102 valence electrons. The molecule has 4 nitrogen and oxygen atoms in total. The minimum atomic E-state index is 0.411. The average Bonchev–Trinajstić information content (AvgIpc) is 2.83. The van der Waals surface area contributed by atoms with E-state index in [2.05, 4.69) is 41.0 Å². The van der Waals surface area contributed by atoms with Crippen LogP contribution in [0.15, 0.2) is 12.3 Å². The van der Waals surface area contributed by atoms with Crippen LogP contribution < -0.4 is 5.32 Å². The second kappa shape index (κ2) is 6.10. The van der Waals surface area contributed by atoms with Gasteiger partial charge >= 0.3 is 0 Å². The van der Waals surface area contributed by atoms with Gasteiger partial charge in [0.25, 0.3) is 0 Å². The molecular formula is C14H20N4S. The fourth-order valence-electron chi connectivity index (χ4n) is 1.72. The molecule has 0 aliphatic carbocycles. The fourth-order valence-corrected chi connectivity index (χ4v) is 2.52. The molecule has 0 fully saturated rings. The normalized spacial score (nSPS) is 11.0. The Morgan fingerprint density at radius 3 is 2.74 bits per heavy atom. The van der Waals surface area contributed by atoms with Gasteiger partial charge in [-0.15, -0.1) is 11.3 Å². The van der Waals surface area contributed by atoms with Crippen molar-refractivity contribution in [2.45, 2.75) is 46.6 Å². The summed E-state index contributed by atoms with van der Waals surface area (Å²) < 4.78 is 0. The molecule has 0 aliphatic rings. The van der Waals surface area contributed by atoms with Gasteiger partial charge in [0.1, 0.15) is 5.01 Å². The van der Waals surface area contributed by atoms with Crippen LogP contribution in [-0.4, -0.2) is 15.0 Å². The summed E-state index contributed by atoms with van der Waals surface area (Å²) in [5.74, 6) is 1.10. The van der Waals surface area contributed by atoms with E-state index in [1.54, 1.807) is 11.3 Å². The first-order chi connectivity index (χ1) is 9.08. The van der Waals surface area contributed by atoms with E-state index in [-0.39, 0.29) is 0 Å². The Kier molecular flexibility index (Phi) is 4.47. The SMILES string of the molecule is CCc1cnc(CNc2nc(C)cc(C(C)C)n2)s1. The maximum atomic E-state index is 4.53. The number of anilines is 1. The summed E-state index contributed by atoms with van der Waals surface area (Å²) >= 11 is 1.74. The molecule has 0 spiro atoms. The van der Waals surface area contributed by atoms with Crippen LogP contribution in [0.25, 0.3) is 0 Å². The van der Waals surface area contributed by atoms with E-state index in [0.717, 1.165) is 22.8 Å². The predicted octanol–water partition coefficient (Wildman–Crippen LogP) is 3.54. The molecule has 2 heterocycles. The Morgan fingerprint density at radius 2 is 2.11 bits per heavy atom. The predicted molar refractivity (Wildman–Crippen MR) is 79.7 cm³/mol. The second-order valence-electron chi connectivity index (χ2n) is 4.84. The lowest BCUT2D eigenvalue weighted by Crippen LogP contribution is -2.06. The molecule has 2 aromatic rings. The van der Waals surface area contributed by atoms with Crippen molar-refractivity contribution >= 4 is 17.3 Å². The van der Waals surface area contributed by atoms with Gasteiger partial charge in [0, 0.05) is 22.5 Å². The largest absolute Gasteiger partial charge is 0.348 e. The van der Waals surface area contributed by atoms with Crippen LogP contribution in [0.5, 0.6) is 0 Å². The van der Waals surface area contributed by atoms with Gasteiger partial charge in [0.05, 0.1) is 6.54 Å². The van der Waals surface area contributed by atoms with E-state index in [9.17, 15) is 0 Å². The molecule has 0 atom stereocenters. The zero-order chi connectivity index (χ0) is 13.8. The molecule has 0 unspecified atom stereocenters. The Bertz CT molecular complexity index is 548. The molecule has 0 bridgehead atoms. The summed E-state index contributed by atoms with van der Waals surface area (Å²) in [6.45, 7) is 9.10. The van der Waals surface area contributed by atoms with Gasteiger partial charge in [0.2, 0.25) is 5.95 Å². The Labute approximate surface area is 118 Å². The number of rotatable bonds is 5. The molecule has 5 heteroatoms. The lowest BCUT2D eigenvalue weighted by atomic mass is 10.1. The van der Waals surface area contributed by atoms with Crippen molar-refractivity contribution in [3.8, 4) is 0 Å². The standard InChI is InChI=1S/C14H20N4S/c1-5-11-7-15-13(19-11)8-16-14-17-10(4)6-12(18-14)9(2)3/h6-7,9H,5,8H2,1-4H3,(H,16,17,18). The van der Waals surface area contributed by atoms with Crippen molar-refractivity contribution < 1.29 is 0 Å². The summed E-state index contributed by atoms with van der Waals surface area (Å²) in [5.41, 5.74) is 2.07. The minimum absolute atomic E-state index is 0.411. The number of thiazole rings is 1. The van der Waals surface area contributed by atoms with Crippen LogP contribution in [0.2, 0.25) is 0 Å². The van der Waals surface area contributed by atoms with Crippen molar-refractivity contribution in [1.29, 1.82) is 0 Å². The van der Waals surface area contributed by atoms with Gasteiger partial charge in [-0.05, 0) is 25.3 Å². The number of nitrogens with one attached hydrogen (secondary N) is 1. The Balaban J connectivity index is 2.06. The molecule has 0 radical (unpaired) electrons. The first kappa shape index (κ1) is 13.9. The highest BCUT2D eigenvalue weighted by atomic mass is 32.1. The Morgan fingerprint density at radius 1 is 1.32 bits per heavy atom. The molecule has 19 heavy (non-hydrogen) atoms. The summed E-state index contributed by atoms with van der Waals surface area (Å²) in [6.07, 6.45) is 2.98. The molecule has 1 N–H and O–H groups in total. The summed E-state index contributed by atoms with van der Waals surface area (Å²) in [5, 5.41) is 4.34. The van der Waals surface area contributed by atoms with Gasteiger partial charge in [-0.25, -0.2) is 15.0 Å². The van der Waals surface area contributed by atoms with Gasteiger partial charge in [-0.1, -0.05) is 20.8 Å². The van der Waals surface area contributed by atoms with Crippen LogP contribution in [0.4, 0.5) is 5.95 Å². The highest BCUT2D eigenvalue weighted by molar-refractivity contribution is 7.11. The topological polar surface area (TPSA) is 50.7 Å². The molecular weight excluding hydrogens is 256 g/mol. The van der Waals surface area contributed by atoms with E-state index in [1.165, 1.54) is 4.88 Å². The highest BCUT2D eigenvalue weighted by Gasteiger charge is 2.06. The van der Waals surface area contributed by atoms with Gasteiger partial charge < -0.3 is 5.32 Å². The monoisotopic (exact) mass is 276 g/mol. The lowest BCUT2D eigenvalue weighted by molar-refractivity contribution is 0.808. The van der Waals surface area contributed by atoms with Crippen molar-refractivity contribution in [1.82, 2.24) is 15.0 Å². The number of aryl methyl sites for hydroxylation is 2. The number of nitrogens with zero attached hydrogens (tertiary/aromatic N) is 3. The third kappa shape index (κ3) is 3.73. The summed E-state index contributed by atoms with van der Waals surface area (Å²) in [6, 6.07) is 2.04.